The lowest BCUT2D eigenvalue weighted by atomic mass is 9.79. The van der Waals surface area contributed by atoms with Gasteiger partial charge >= 0.3 is 0 Å². The van der Waals surface area contributed by atoms with E-state index in [4.69, 9.17) is 9.47 Å². The maximum Gasteiger partial charge on any atom is 0.172 e. The normalized spacial score (nSPS) is 28.3. The fourth-order valence-electron chi connectivity index (χ4n) is 2.76. The van der Waals surface area contributed by atoms with Crippen molar-refractivity contribution in [1.82, 2.24) is 5.32 Å². The zero-order chi connectivity index (χ0) is 12.0. The summed E-state index contributed by atoms with van der Waals surface area (Å²) in [6.45, 7) is 5.46. The molecule has 16 heavy (non-hydrogen) atoms. The molecule has 0 amide bonds. The lowest BCUT2D eigenvalue weighted by Crippen LogP contribution is -2.48. The Labute approximate surface area is 99.9 Å². The second-order valence-electron chi connectivity index (χ2n) is 4.94. The van der Waals surface area contributed by atoms with Gasteiger partial charge in [-0.15, -0.1) is 0 Å². The van der Waals surface area contributed by atoms with Crippen molar-refractivity contribution in [2.75, 3.05) is 20.8 Å². The van der Waals surface area contributed by atoms with Crippen molar-refractivity contribution in [2.24, 2.45) is 11.8 Å². The third-order valence-corrected chi connectivity index (χ3v) is 3.77. The number of nitrogens with one attached hydrogen (secondary N) is 1. The second-order valence-corrected chi connectivity index (χ2v) is 4.94. The van der Waals surface area contributed by atoms with Crippen LogP contribution in [-0.4, -0.2) is 33.1 Å². The Hall–Kier alpha value is -0.120. The number of rotatable bonds is 6. The summed E-state index contributed by atoms with van der Waals surface area (Å²) in [7, 11) is 3.45. The van der Waals surface area contributed by atoms with Crippen LogP contribution in [0.2, 0.25) is 0 Å². The smallest absolute Gasteiger partial charge is 0.172 e. The van der Waals surface area contributed by atoms with Crippen LogP contribution in [0, 0.1) is 11.8 Å². The Morgan fingerprint density at radius 3 is 2.12 bits per heavy atom. The van der Waals surface area contributed by atoms with Crippen molar-refractivity contribution in [3.05, 3.63) is 0 Å². The van der Waals surface area contributed by atoms with E-state index < -0.39 is 0 Å². The monoisotopic (exact) mass is 229 g/mol. The molecule has 0 saturated heterocycles. The molecule has 3 heteroatoms. The average Bonchev–Trinajstić information content (AvgIpc) is 2.31. The van der Waals surface area contributed by atoms with Gasteiger partial charge in [-0.05, 0) is 31.2 Å². The first kappa shape index (κ1) is 13.9. The van der Waals surface area contributed by atoms with Gasteiger partial charge in [0.1, 0.15) is 0 Å². The van der Waals surface area contributed by atoms with Gasteiger partial charge in [0.15, 0.2) is 6.29 Å². The maximum atomic E-state index is 5.41. The molecule has 0 spiro atoms. The Morgan fingerprint density at radius 1 is 1.12 bits per heavy atom. The van der Waals surface area contributed by atoms with Gasteiger partial charge in [0.05, 0.1) is 6.04 Å². The highest BCUT2D eigenvalue weighted by atomic mass is 16.7. The van der Waals surface area contributed by atoms with Crippen molar-refractivity contribution in [2.45, 2.75) is 51.9 Å². The first-order chi connectivity index (χ1) is 7.72. The summed E-state index contributed by atoms with van der Waals surface area (Å²) in [4.78, 5) is 0. The van der Waals surface area contributed by atoms with E-state index in [1.165, 1.54) is 25.7 Å². The first-order valence-electron chi connectivity index (χ1n) is 6.51. The molecule has 1 rings (SSSR count). The van der Waals surface area contributed by atoms with E-state index in [-0.39, 0.29) is 6.29 Å². The van der Waals surface area contributed by atoms with Crippen LogP contribution in [0.15, 0.2) is 0 Å². The molecular weight excluding hydrogens is 202 g/mol. The van der Waals surface area contributed by atoms with E-state index in [1.54, 1.807) is 14.2 Å². The lowest BCUT2D eigenvalue weighted by Gasteiger charge is -2.36. The minimum Gasteiger partial charge on any atom is -0.354 e. The van der Waals surface area contributed by atoms with Gasteiger partial charge in [-0.1, -0.05) is 26.7 Å². The van der Waals surface area contributed by atoms with Crippen molar-refractivity contribution in [3.8, 4) is 0 Å². The highest BCUT2D eigenvalue weighted by Crippen LogP contribution is 2.32. The van der Waals surface area contributed by atoms with E-state index in [0.717, 1.165) is 12.5 Å². The summed E-state index contributed by atoms with van der Waals surface area (Å²) in [6, 6.07) is 0.340. The fourth-order valence-corrected chi connectivity index (χ4v) is 2.76. The molecule has 1 aliphatic rings. The maximum absolute atomic E-state index is 5.41. The average molecular weight is 229 g/mol. The molecule has 3 nitrogen and oxygen atoms in total. The molecular formula is C13H27NO2. The molecule has 1 unspecified atom stereocenters. The Morgan fingerprint density at radius 2 is 1.69 bits per heavy atom. The first-order valence-corrected chi connectivity index (χ1v) is 6.51. The van der Waals surface area contributed by atoms with Gasteiger partial charge in [0.2, 0.25) is 0 Å². The topological polar surface area (TPSA) is 30.5 Å². The van der Waals surface area contributed by atoms with Gasteiger partial charge in [-0.2, -0.15) is 0 Å². The standard InChI is InChI=1S/C13H27NO2/c1-5-14-12(13(15-3)16-4)11-8-6-10(2)7-9-11/h10-14H,5-9H2,1-4H3. The van der Waals surface area contributed by atoms with E-state index in [1.807, 2.05) is 0 Å². The van der Waals surface area contributed by atoms with Crippen LogP contribution in [0.4, 0.5) is 0 Å². The van der Waals surface area contributed by atoms with Crippen LogP contribution >= 0.6 is 0 Å². The molecule has 96 valence electrons. The van der Waals surface area contributed by atoms with Crippen LogP contribution in [0.1, 0.15) is 39.5 Å². The predicted octanol–water partition coefficient (Wildman–Crippen LogP) is 2.41. The molecule has 0 aromatic carbocycles. The molecule has 1 N–H and O–H groups in total. The van der Waals surface area contributed by atoms with Gasteiger partial charge < -0.3 is 14.8 Å². The van der Waals surface area contributed by atoms with Gasteiger partial charge in [-0.25, -0.2) is 0 Å². The zero-order valence-corrected chi connectivity index (χ0v) is 11.2. The summed E-state index contributed by atoms with van der Waals surface area (Å²) < 4.78 is 10.8. The van der Waals surface area contributed by atoms with Crippen LogP contribution in [0.3, 0.4) is 0 Å². The number of hydrogen-bond acceptors (Lipinski definition) is 3. The Kier molecular flexibility index (Phi) is 6.32. The highest BCUT2D eigenvalue weighted by molar-refractivity contribution is 4.83. The minimum absolute atomic E-state index is 0.113. The van der Waals surface area contributed by atoms with Gasteiger partial charge in [0, 0.05) is 14.2 Å². The molecule has 0 bridgehead atoms. The Balaban J connectivity index is 2.54. The summed E-state index contributed by atoms with van der Waals surface area (Å²) in [5.74, 6) is 1.59. The van der Waals surface area contributed by atoms with Crippen molar-refractivity contribution in [3.63, 3.8) is 0 Å². The zero-order valence-electron chi connectivity index (χ0n) is 11.2. The van der Waals surface area contributed by atoms with Crippen LogP contribution < -0.4 is 5.32 Å². The van der Waals surface area contributed by atoms with Crippen molar-refractivity contribution >= 4 is 0 Å². The summed E-state index contributed by atoms with van der Waals surface area (Å²) >= 11 is 0. The summed E-state index contributed by atoms with van der Waals surface area (Å²) in [5.41, 5.74) is 0. The van der Waals surface area contributed by atoms with E-state index in [2.05, 4.69) is 19.2 Å². The van der Waals surface area contributed by atoms with E-state index >= 15 is 0 Å². The molecule has 1 aliphatic carbocycles. The van der Waals surface area contributed by atoms with Crippen molar-refractivity contribution < 1.29 is 9.47 Å². The van der Waals surface area contributed by atoms with Crippen molar-refractivity contribution in [1.29, 1.82) is 0 Å². The Bertz CT molecular complexity index is 175. The number of ether oxygens (including phenoxy) is 2. The quantitative estimate of drug-likeness (QED) is 0.710. The van der Waals surface area contributed by atoms with Gasteiger partial charge in [-0.3, -0.25) is 0 Å². The minimum atomic E-state index is -0.113. The molecule has 0 aliphatic heterocycles. The van der Waals surface area contributed by atoms with E-state index in [9.17, 15) is 0 Å². The van der Waals surface area contributed by atoms with Crippen LogP contribution in [0.25, 0.3) is 0 Å². The third kappa shape index (κ3) is 3.72. The third-order valence-electron chi connectivity index (χ3n) is 3.77. The second kappa shape index (κ2) is 7.25. The largest absolute Gasteiger partial charge is 0.354 e. The number of likely N-dealkylation sites (N-methyl/N-ethyl adjacent to an activating group) is 1. The van der Waals surface area contributed by atoms with Crippen LogP contribution in [0.5, 0.6) is 0 Å². The highest BCUT2D eigenvalue weighted by Gasteiger charge is 2.31. The molecule has 0 aromatic heterocycles. The van der Waals surface area contributed by atoms with E-state index in [0.29, 0.717) is 12.0 Å². The number of hydrogen-bond donors (Lipinski definition) is 1. The fraction of sp³-hybridized carbons (Fsp3) is 1.00. The predicted molar refractivity (Wildman–Crippen MR) is 66.4 cm³/mol. The summed E-state index contributed by atoms with van der Waals surface area (Å²) in [6.07, 6.45) is 5.15. The molecule has 0 aromatic rings. The molecule has 1 fully saturated rings. The van der Waals surface area contributed by atoms with Crippen LogP contribution in [-0.2, 0) is 9.47 Å². The SMILES string of the molecule is CCNC(C1CCC(C)CC1)C(OC)OC. The summed E-state index contributed by atoms with van der Waals surface area (Å²) in [5, 5.41) is 3.52. The molecule has 0 radical (unpaired) electrons. The molecule has 1 saturated carbocycles. The lowest BCUT2D eigenvalue weighted by molar-refractivity contribution is -0.135. The number of methoxy groups -OCH3 is 2. The molecule has 0 heterocycles. The molecule has 1 atom stereocenters. The van der Waals surface area contributed by atoms with Gasteiger partial charge in [0.25, 0.3) is 0 Å².